The van der Waals surface area contributed by atoms with Crippen LogP contribution in [0.4, 0.5) is 5.82 Å². The maximum atomic E-state index is 11.4. The van der Waals surface area contributed by atoms with Crippen LogP contribution in [-0.4, -0.2) is 61.1 Å². The normalized spacial score (nSPS) is 21.2. The molecule has 0 radical (unpaired) electrons. The second-order valence-corrected chi connectivity index (χ2v) is 5.08. The van der Waals surface area contributed by atoms with E-state index < -0.39 is 5.91 Å². The molecule has 0 unspecified atom stereocenters. The van der Waals surface area contributed by atoms with Gasteiger partial charge in [-0.25, -0.2) is 4.98 Å². The second kappa shape index (κ2) is 5.14. The average molecular weight is 261 g/mol. The number of primary amides is 1. The van der Waals surface area contributed by atoms with Gasteiger partial charge >= 0.3 is 0 Å². The molecule has 0 aliphatic carbocycles. The summed E-state index contributed by atoms with van der Waals surface area (Å²) >= 11 is 0. The number of carbonyl (C=O) groups is 1. The molecule has 1 aromatic heterocycles. The summed E-state index contributed by atoms with van der Waals surface area (Å²) in [6.07, 6.45) is 1.71. The van der Waals surface area contributed by atoms with Crippen molar-refractivity contribution in [3.8, 4) is 0 Å². The topological polar surface area (TPSA) is 74.5 Å². The van der Waals surface area contributed by atoms with Gasteiger partial charge in [-0.15, -0.1) is 0 Å². The first-order valence-corrected chi connectivity index (χ1v) is 6.70. The van der Waals surface area contributed by atoms with E-state index in [4.69, 9.17) is 5.73 Å². The fraction of sp³-hybridized carbons (Fsp3) is 0.538. The van der Waals surface area contributed by atoms with Crippen LogP contribution in [0.5, 0.6) is 0 Å². The van der Waals surface area contributed by atoms with Crippen molar-refractivity contribution in [3.05, 3.63) is 23.9 Å². The third kappa shape index (κ3) is 2.41. The van der Waals surface area contributed by atoms with Crippen molar-refractivity contribution in [2.24, 2.45) is 5.73 Å². The average Bonchev–Trinajstić information content (AvgIpc) is 2.39. The first-order chi connectivity index (χ1) is 9.25. The van der Waals surface area contributed by atoms with E-state index in [2.05, 4.69) is 20.1 Å². The fourth-order valence-electron chi connectivity index (χ4n) is 2.75. The summed E-state index contributed by atoms with van der Waals surface area (Å²) in [5.74, 6) is 0.315. The minimum absolute atomic E-state index is 0.409. The molecule has 1 amide bonds. The Hall–Kier alpha value is -1.66. The van der Waals surface area contributed by atoms with Gasteiger partial charge in [0, 0.05) is 51.5 Å². The number of carbonyl (C=O) groups excluding carboxylic acids is 1. The van der Waals surface area contributed by atoms with E-state index in [0.29, 0.717) is 11.6 Å². The molecule has 3 N–H and O–H groups in total. The minimum Gasteiger partial charge on any atom is -0.365 e. The summed E-state index contributed by atoms with van der Waals surface area (Å²) in [4.78, 5) is 20.3. The Morgan fingerprint density at radius 3 is 2.79 bits per heavy atom. The third-order valence-electron chi connectivity index (χ3n) is 3.88. The zero-order valence-electron chi connectivity index (χ0n) is 10.9. The van der Waals surface area contributed by atoms with E-state index >= 15 is 0 Å². The number of nitrogens with two attached hydrogens (primary N) is 1. The molecular weight excluding hydrogens is 242 g/mol. The molecule has 0 atom stereocenters. The Kier molecular flexibility index (Phi) is 3.35. The molecule has 102 valence electrons. The number of aromatic nitrogens is 1. The van der Waals surface area contributed by atoms with E-state index in [0.717, 1.165) is 45.1 Å². The van der Waals surface area contributed by atoms with E-state index in [1.165, 1.54) is 0 Å². The lowest BCUT2D eigenvalue weighted by molar-refractivity contribution is 0.0999. The molecule has 6 heteroatoms. The number of amides is 1. The van der Waals surface area contributed by atoms with Gasteiger partial charge in [0.05, 0.1) is 5.56 Å². The van der Waals surface area contributed by atoms with Crippen LogP contribution in [0.1, 0.15) is 10.4 Å². The van der Waals surface area contributed by atoms with Gasteiger partial charge in [0.25, 0.3) is 5.91 Å². The predicted octanol–water partition coefficient (Wildman–Crippen LogP) is -0.726. The van der Waals surface area contributed by atoms with Crippen LogP contribution in [0.15, 0.2) is 18.3 Å². The predicted molar refractivity (Wildman–Crippen MR) is 73.2 cm³/mol. The number of anilines is 1. The largest absolute Gasteiger partial charge is 0.365 e. The van der Waals surface area contributed by atoms with Gasteiger partial charge in [0.15, 0.2) is 0 Å². The number of rotatable bonds is 3. The first-order valence-electron chi connectivity index (χ1n) is 6.70. The van der Waals surface area contributed by atoms with Crippen LogP contribution in [0.25, 0.3) is 0 Å². The van der Waals surface area contributed by atoms with Crippen LogP contribution < -0.4 is 16.0 Å². The van der Waals surface area contributed by atoms with Gasteiger partial charge in [-0.05, 0) is 12.1 Å². The summed E-state index contributed by atoms with van der Waals surface area (Å²) in [6, 6.07) is 4.06. The van der Waals surface area contributed by atoms with Crippen molar-refractivity contribution in [2.75, 3.05) is 44.2 Å². The molecule has 3 heterocycles. The summed E-state index contributed by atoms with van der Waals surface area (Å²) < 4.78 is 0. The molecule has 19 heavy (non-hydrogen) atoms. The second-order valence-electron chi connectivity index (χ2n) is 5.08. The van der Waals surface area contributed by atoms with Crippen molar-refractivity contribution in [3.63, 3.8) is 0 Å². The highest BCUT2D eigenvalue weighted by Crippen LogP contribution is 2.24. The zero-order valence-corrected chi connectivity index (χ0v) is 10.9. The zero-order chi connectivity index (χ0) is 13.2. The number of piperazine rings is 1. The molecule has 0 bridgehead atoms. The first kappa shape index (κ1) is 12.4. The highest BCUT2D eigenvalue weighted by Gasteiger charge is 2.34. The summed E-state index contributed by atoms with van der Waals surface area (Å²) in [7, 11) is 0. The molecule has 2 fully saturated rings. The van der Waals surface area contributed by atoms with Gasteiger partial charge in [0.1, 0.15) is 5.82 Å². The van der Waals surface area contributed by atoms with Gasteiger partial charge in [-0.3, -0.25) is 9.69 Å². The van der Waals surface area contributed by atoms with Crippen LogP contribution in [0.2, 0.25) is 0 Å². The van der Waals surface area contributed by atoms with Crippen LogP contribution >= 0.6 is 0 Å². The monoisotopic (exact) mass is 261 g/mol. The molecule has 2 aliphatic rings. The summed E-state index contributed by atoms with van der Waals surface area (Å²) in [5.41, 5.74) is 5.90. The molecule has 2 saturated heterocycles. The Labute approximate surface area is 112 Å². The molecule has 1 aromatic rings. The highest BCUT2D eigenvalue weighted by molar-refractivity contribution is 5.97. The molecule has 3 rings (SSSR count). The SMILES string of the molecule is NC(=O)c1cccnc1N1CC(N2CCNCC2)C1. The molecule has 0 saturated carbocycles. The van der Waals surface area contributed by atoms with Crippen molar-refractivity contribution in [2.45, 2.75) is 6.04 Å². The van der Waals surface area contributed by atoms with Crippen LogP contribution in [0.3, 0.4) is 0 Å². The number of nitrogens with one attached hydrogen (secondary N) is 1. The van der Waals surface area contributed by atoms with Gasteiger partial charge in [-0.2, -0.15) is 0 Å². The lowest BCUT2D eigenvalue weighted by Gasteiger charge is -2.47. The van der Waals surface area contributed by atoms with Crippen molar-refractivity contribution >= 4 is 11.7 Å². The van der Waals surface area contributed by atoms with Gasteiger partial charge in [0.2, 0.25) is 0 Å². The van der Waals surface area contributed by atoms with Crippen LogP contribution in [-0.2, 0) is 0 Å². The maximum absolute atomic E-state index is 11.4. The molecule has 0 aromatic carbocycles. The molecule has 6 nitrogen and oxygen atoms in total. The standard InChI is InChI=1S/C13H19N5O/c14-12(19)11-2-1-3-16-13(11)18-8-10(9-18)17-6-4-15-5-7-17/h1-3,10,15H,4-9H2,(H2,14,19). The van der Waals surface area contributed by atoms with Crippen LogP contribution in [0, 0.1) is 0 Å². The molecular formula is C13H19N5O. The molecule has 2 aliphatic heterocycles. The van der Waals surface area contributed by atoms with Crippen molar-refractivity contribution in [1.29, 1.82) is 0 Å². The Bertz CT molecular complexity index is 466. The lowest BCUT2D eigenvalue weighted by atomic mass is 10.0. The Balaban J connectivity index is 1.65. The van der Waals surface area contributed by atoms with Gasteiger partial charge < -0.3 is 16.0 Å². The van der Waals surface area contributed by atoms with E-state index in [1.54, 1.807) is 18.3 Å². The van der Waals surface area contributed by atoms with Crippen molar-refractivity contribution < 1.29 is 4.79 Å². The Morgan fingerprint density at radius 1 is 1.37 bits per heavy atom. The lowest BCUT2D eigenvalue weighted by Crippen LogP contribution is -2.63. The number of pyridine rings is 1. The Morgan fingerprint density at radius 2 is 2.11 bits per heavy atom. The van der Waals surface area contributed by atoms with Gasteiger partial charge in [-0.1, -0.05) is 0 Å². The van der Waals surface area contributed by atoms with Crippen molar-refractivity contribution in [1.82, 2.24) is 15.2 Å². The summed E-state index contributed by atoms with van der Waals surface area (Å²) in [6.45, 7) is 6.18. The number of nitrogens with zero attached hydrogens (tertiary/aromatic N) is 3. The smallest absolute Gasteiger partial charge is 0.252 e. The number of hydrogen-bond acceptors (Lipinski definition) is 5. The summed E-state index contributed by atoms with van der Waals surface area (Å²) in [5, 5.41) is 3.36. The quantitative estimate of drug-likeness (QED) is 0.751. The maximum Gasteiger partial charge on any atom is 0.252 e. The minimum atomic E-state index is -0.409. The van der Waals surface area contributed by atoms with E-state index in [9.17, 15) is 4.79 Å². The third-order valence-corrected chi connectivity index (χ3v) is 3.88. The fourth-order valence-corrected chi connectivity index (χ4v) is 2.75. The van der Waals surface area contributed by atoms with E-state index in [1.807, 2.05) is 0 Å². The van der Waals surface area contributed by atoms with E-state index in [-0.39, 0.29) is 0 Å². The highest BCUT2D eigenvalue weighted by atomic mass is 16.1. The molecule has 0 spiro atoms. The number of hydrogen-bond donors (Lipinski definition) is 2.